The van der Waals surface area contributed by atoms with E-state index in [-0.39, 0.29) is 18.0 Å². The van der Waals surface area contributed by atoms with Gasteiger partial charge in [0.25, 0.3) is 0 Å². The quantitative estimate of drug-likeness (QED) is 0.597. The van der Waals surface area contributed by atoms with E-state index in [1.165, 1.54) is 0 Å². The number of ether oxygens (including phenoxy) is 1. The Balaban J connectivity index is 1.52. The number of carbonyl (C=O) groups excluding carboxylic acids is 2. The van der Waals surface area contributed by atoms with E-state index in [4.69, 9.17) is 10.00 Å². The van der Waals surface area contributed by atoms with E-state index in [1.807, 2.05) is 37.3 Å². The van der Waals surface area contributed by atoms with Crippen molar-refractivity contribution in [1.29, 1.82) is 5.26 Å². The fourth-order valence-corrected chi connectivity index (χ4v) is 4.98. The summed E-state index contributed by atoms with van der Waals surface area (Å²) in [5, 5.41) is 15.4. The molecule has 174 valence electrons. The highest BCUT2D eigenvalue weighted by molar-refractivity contribution is 8.13. The van der Waals surface area contributed by atoms with Gasteiger partial charge >= 0.3 is 12.0 Å². The number of carbonyl (C=O) groups is 2. The molecule has 0 bridgehead atoms. The molecule has 2 aromatic rings. The third kappa shape index (κ3) is 5.07. The summed E-state index contributed by atoms with van der Waals surface area (Å²) in [4.78, 5) is 32.0. The van der Waals surface area contributed by atoms with Crippen LogP contribution in [0.5, 0.6) is 0 Å². The van der Waals surface area contributed by atoms with E-state index in [0.29, 0.717) is 34.8 Å². The fourth-order valence-electron chi connectivity index (χ4n) is 3.96. The number of urea groups is 1. The lowest BCUT2D eigenvalue weighted by Gasteiger charge is -2.40. The molecule has 4 rings (SSSR count). The highest BCUT2D eigenvalue weighted by atomic mass is 32.2. The van der Waals surface area contributed by atoms with Crippen LogP contribution in [0.1, 0.15) is 37.4 Å². The maximum Gasteiger partial charge on any atom is 0.338 e. The van der Waals surface area contributed by atoms with Crippen molar-refractivity contribution >= 4 is 40.3 Å². The Morgan fingerprint density at radius 1 is 1.15 bits per heavy atom. The van der Waals surface area contributed by atoms with E-state index < -0.39 is 0 Å². The smallest absolute Gasteiger partial charge is 0.338 e. The van der Waals surface area contributed by atoms with Gasteiger partial charge in [0.1, 0.15) is 0 Å². The predicted molar refractivity (Wildman–Crippen MR) is 134 cm³/mol. The Morgan fingerprint density at radius 3 is 2.41 bits per heavy atom. The Kier molecular flexibility index (Phi) is 7.18. The van der Waals surface area contributed by atoms with Gasteiger partial charge in [-0.05, 0) is 62.2 Å². The maximum absolute atomic E-state index is 12.8. The molecule has 2 aromatic carbocycles. The normalized spacial score (nSPS) is 17.3. The average molecular weight is 476 g/mol. The SMILES string of the molecule is CCOC(=O)C1=C(C)N=C2SCCCN2C1c1ccc(NC(=O)Nc2ccc(C#N)cc2)cc1. The van der Waals surface area contributed by atoms with Crippen molar-refractivity contribution in [3.05, 3.63) is 70.9 Å². The van der Waals surface area contributed by atoms with E-state index >= 15 is 0 Å². The van der Waals surface area contributed by atoms with Crippen LogP contribution < -0.4 is 10.6 Å². The van der Waals surface area contributed by atoms with Crippen molar-refractivity contribution in [2.45, 2.75) is 26.3 Å². The lowest BCUT2D eigenvalue weighted by Crippen LogP contribution is -2.42. The largest absolute Gasteiger partial charge is 0.463 e. The van der Waals surface area contributed by atoms with Crippen LogP contribution in [0.4, 0.5) is 16.2 Å². The van der Waals surface area contributed by atoms with Gasteiger partial charge in [-0.15, -0.1) is 0 Å². The average Bonchev–Trinajstić information content (AvgIpc) is 2.84. The molecule has 0 aliphatic carbocycles. The topological polar surface area (TPSA) is 107 Å². The molecule has 0 saturated carbocycles. The molecule has 0 radical (unpaired) electrons. The van der Waals surface area contributed by atoms with Gasteiger partial charge in [-0.3, -0.25) is 0 Å². The number of nitrogens with zero attached hydrogens (tertiary/aromatic N) is 3. The summed E-state index contributed by atoms with van der Waals surface area (Å²) in [5.74, 6) is 0.647. The Morgan fingerprint density at radius 2 is 1.79 bits per heavy atom. The minimum absolute atomic E-state index is 0.291. The molecule has 0 aromatic heterocycles. The summed E-state index contributed by atoms with van der Waals surface area (Å²) in [6.07, 6.45) is 1.00. The Hall–Kier alpha value is -3.77. The minimum Gasteiger partial charge on any atom is -0.463 e. The molecule has 1 fully saturated rings. The van der Waals surface area contributed by atoms with Crippen molar-refractivity contribution in [3.8, 4) is 6.07 Å². The third-order valence-electron chi connectivity index (χ3n) is 5.51. The highest BCUT2D eigenvalue weighted by Crippen LogP contribution is 2.40. The van der Waals surface area contributed by atoms with E-state index in [9.17, 15) is 9.59 Å². The van der Waals surface area contributed by atoms with Crippen molar-refractivity contribution in [2.75, 3.05) is 29.5 Å². The number of hydrogen-bond donors (Lipinski definition) is 2. The Bertz CT molecular complexity index is 1180. The first-order chi connectivity index (χ1) is 16.5. The van der Waals surface area contributed by atoms with Gasteiger partial charge in [0.15, 0.2) is 5.17 Å². The van der Waals surface area contributed by atoms with Crippen molar-refractivity contribution in [3.63, 3.8) is 0 Å². The molecule has 2 aliphatic heterocycles. The van der Waals surface area contributed by atoms with E-state index in [0.717, 1.165) is 29.4 Å². The summed E-state index contributed by atoms with van der Waals surface area (Å²) in [6.45, 7) is 4.74. The molecule has 1 saturated heterocycles. The number of aliphatic imine (C=N–C) groups is 1. The van der Waals surface area contributed by atoms with Crippen LogP contribution in [0.2, 0.25) is 0 Å². The number of esters is 1. The highest BCUT2D eigenvalue weighted by Gasteiger charge is 2.37. The van der Waals surface area contributed by atoms with E-state index in [2.05, 4.69) is 20.5 Å². The van der Waals surface area contributed by atoms with Crippen LogP contribution in [0.15, 0.2) is 64.8 Å². The van der Waals surface area contributed by atoms with Crippen LogP contribution in [-0.2, 0) is 9.53 Å². The molecule has 2 N–H and O–H groups in total. The van der Waals surface area contributed by atoms with E-state index in [1.54, 1.807) is 43.0 Å². The zero-order valence-electron chi connectivity index (χ0n) is 19.0. The van der Waals surface area contributed by atoms with Crippen molar-refractivity contribution in [2.24, 2.45) is 4.99 Å². The van der Waals surface area contributed by atoms with Crippen LogP contribution >= 0.6 is 11.8 Å². The molecule has 8 nitrogen and oxygen atoms in total. The minimum atomic E-state index is -0.389. The number of benzene rings is 2. The van der Waals surface area contributed by atoms with Crippen molar-refractivity contribution in [1.82, 2.24) is 4.90 Å². The first-order valence-electron chi connectivity index (χ1n) is 11.0. The van der Waals surface area contributed by atoms with Gasteiger partial charge in [-0.2, -0.15) is 5.26 Å². The number of anilines is 2. The first-order valence-corrected chi connectivity index (χ1v) is 12.0. The van der Waals surface area contributed by atoms with Gasteiger partial charge in [-0.25, -0.2) is 14.6 Å². The number of thioether (sulfide) groups is 1. The maximum atomic E-state index is 12.8. The molecule has 1 atom stereocenters. The van der Waals surface area contributed by atoms with Crippen LogP contribution in [0.3, 0.4) is 0 Å². The van der Waals surface area contributed by atoms with Gasteiger partial charge < -0.3 is 20.3 Å². The monoisotopic (exact) mass is 475 g/mol. The molecule has 2 amide bonds. The lowest BCUT2D eigenvalue weighted by molar-refractivity contribution is -0.139. The van der Waals surface area contributed by atoms with Gasteiger partial charge in [0, 0.05) is 23.7 Å². The molecular formula is C25H25N5O3S. The molecule has 9 heteroatoms. The molecule has 1 unspecified atom stereocenters. The van der Waals surface area contributed by atoms with Crippen molar-refractivity contribution < 1.29 is 14.3 Å². The molecule has 34 heavy (non-hydrogen) atoms. The number of nitriles is 1. The number of rotatable bonds is 5. The summed E-state index contributed by atoms with van der Waals surface area (Å²) in [7, 11) is 0. The predicted octanol–water partition coefficient (Wildman–Crippen LogP) is 4.89. The number of allylic oxidation sites excluding steroid dienone is 1. The number of hydrogen-bond acceptors (Lipinski definition) is 7. The summed E-state index contributed by atoms with van der Waals surface area (Å²) in [5.41, 5.74) is 3.88. The van der Waals surface area contributed by atoms with Gasteiger partial charge in [0.2, 0.25) is 0 Å². The standard InChI is InChI=1S/C25H25N5O3S/c1-3-33-23(31)21-16(2)27-25-30(13-4-14-34-25)22(21)18-7-11-20(12-8-18)29-24(32)28-19-9-5-17(15-26)6-10-19/h5-12,22H,3-4,13-14H2,1-2H3,(H2,28,29,32). The summed E-state index contributed by atoms with van der Waals surface area (Å²) < 4.78 is 5.35. The molecule has 2 heterocycles. The summed E-state index contributed by atoms with van der Waals surface area (Å²) >= 11 is 1.70. The summed E-state index contributed by atoms with van der Waals surface area (Å²) in [6, 6.07) is 15.4. The fraction of sp³-hybridized carbons (Fsp3) is 0.280. The first kappa shape index (κ1) is 23.4. The zero-order valence-corrected chi connectivity index (χ0v) is 19.8. The lowest BCUT2D eigenvalue weighted by atomic mass is 9.94. The van der Waals surface area contributed by atoms with Gasteiger partial charge in [0.05, 0.1) is 35.6 Å². The number of amidine groups is 1. The second-order valence-electron chi connectivity index (χ2n) is 7.80. The zero-order chi connectivity index (χ0) is 24.1. The van der Waals surface area contributed by atoms with Crippen LogP contribution in [-0.4, -0.2) is 41.0 Å². The number of fused-ring (bicyclic) bond motifs is 1. The molecular weight excluding hydrogens is 450 g/mol. The van der Waals surface area contributed by atoms with Crippen LogP contribution in [0.25, 0.3) is 0 Å². The second-order valence-corrected chi connectivity index (χ2v) is 8.86. The number of nitrogens with one attached hydrogen (secondary N) is 2. The van der Waals surface area contributed by atoms with Gasteiger partial charge in [-0.1, -0.05) is 23.9 Å². The Labute approximate surface area is 202 Å². The second kappa shape index (κ2) is 10.4. The molecule has 2 aliphatic rings. The third-order valence-corrected chi connectivity index (χ3v) is 6.59. The van der Waals surface area contributed by atoms with Crippen LogP contribution in [0, 0.1) is 11.3 Å². The molecule has 0 spiro atoms. The number of amides is 2.